The Balaban J connectivity index is 1.96. The Kier molecular flexibility index (Phi) is 3.37. The van der Waals surface area contributed by atoms with Crippen LogP contribution in [0.2, 0.25) is 0 Å². The van der Waals surface area contributed by atoms with E-state index in [0.29, 0.717) is 10.9 Å². The SMILES string of the molecule is Cc1cc(O)c2c(=O)c3c(O)cc4c(=O)oc(=O)c5cc(O)c6c(=O)c7c(O)cc(O)c8c1c2c1c3c4c5c6c1c78. The fourth-order valence-electron chi connectivity index (χ4n) is 7.32. The number of rotatable bonds is 0. The molecule has 41 heavy (non-hydrogen) atoms. The molecule has 0 spiro atoms. The van der Waals surface area contributed by atoms with Crippen LogP contribution in [0.4, 0.5) is 0 Å². The Labute approximate surface area is 223 Å². The summed E-state index contributed by atoms with van der Waals surface area (Å²) in [6.45, 7) is 1.63. The van der Waals surface area contributed by atoms with Gasteiger partial charge in [-0.3, -0.25) is 9.59 Å². The van der Waals surface area contributed by atoms with Crippen LogP contribution in [0.15, 0.2) is 47.9 Å². The van der Waals surface area contributed by atoms with Crippen molar-refractivity contribution in [3.63, 3.8) is 0 Å². The van der Waals surface area contributed by atoms with E-state index in [9.17, 15) is 44.7 Å². The van der Waals surface area contributed by atoms with Crippen LogP contribution in [0.1, 0.15) is 5.56 Å². The largest absolute Gasteiger partial charge is 0.507 e. The first kappa shape index (κ1) is 22.0. The van der Waals surface area contributed by atoms with Gasteiger partial charge < -0.3 is 29.9 Å². The Morgan fingerprint density at radius 2 is 0.756 bits per heavy atom. The fourth-order valence-corrected chi connectivity index (χ4v) is 7.32. The van der Waals surface area contributed by atoms with E-state index < -0.39 is 50.9 Å². The molecule has 0 aliphatic carbocycles. The molecule has 0 amide bonds. The summed E-state index contributed by atoms with van der Waals surface area (Å²) < 4.78 is 5.04. The molecule has 1 heterocycles. The quantitative estimate of drug-likeness (QED) is 0.138. The van der Waals surface area contributed by atoms with Gasteiger partial charge in [0, 0.05) is 54.5 Å². The Bertz CT molecular complexity index is 2740. The highest BCUT2D eigenvalue weighted by Crippen LogP contribution is 2.56. The lowest BCUT2D eigenvalue weighted by molar-refractivity contribution is 0.458. The summed E-state index contributed by atoms with van der Waals surface area (Å²) in [6, 6.07) is 4.32. The zero-order valence-corrected chi connectivity index (χ0v) is 20.6. The van der Waals surface area contributed by atoms with Crippen LogP contribution in [0, 0.1) is 6.92 Å². The van der Waals surface area contributed by atoms with E-state index in [4.69, 9.17) is 4.42 Å². The minimum absolute atomic E-state index is 0.0306. The van der Waals surface area contributed by atoms with Crippen LogP contribution in [-0.2, 0) is 0 Å². The number of benzene rings is 8. The highest BCUT2D eigenvalue weighted by atomic mass is 16.4. The second-order valence-corrected chi connectivity index (χ2v) is 10.6. The molecular formula is C31H12O10. The first-order valence-corrected chi connectivity index (χ1v) is 12.4. The maximum Gasteiger partial charge on any atom is 0.346 e. The summed E-state index contributed by atoms with van der Waals surface area (Å²) in [5, 5.41) is 55.3. The smallest absolute Gasteiger partial charge is 0.346 e. The number of fused-ring (bicyclic) bond motifs is 1. The lowest BCUT2D eigenvalue weighted by Crippen LogP contribution is -2.11. The van der Waals surface area contributed by atoms with Crippen LogP contribution in [0.25, 0.3) is 86.2 Å². The molecule has 1 aromatic heterocycles. The number of hydrogen-bond acceptors (Lipinski definition) is 10. The summed E-state index contributed by atoms with van der Waals surface area (Å²) in [7, 11) is 0. The van der Waals surface area contributed by atoms with E-state index in [-0.39, 0.29) is 80.8 Å². The average molecular weight is 544 g/mol. The van der Waals surface area contributed by atoms with Gasteiger partial charge in [-0.25, -0.2) is 9.59 Å². The van der Waals surface area contributed by atoms with Gasteiger partial charge in [0.25, 0.3) is 0 Å². The summed E-state index contributed by atoms with van der Waals surface area (Å²) in [5.41, 5.74) is -3.37. The number of aromatic hydroxyl groups is 5. The molecular weight excluding hydrogens is 532 g/mol. The molecule has 0 aliphatic heterocycles. The third-order valence-corrected chi connectivity index (χ3v) is 8.69. The third-order valence-electron chi connectivity index (χ3n) is 8.69. The maximum atomic E-state index is 14.1. The molecule has 0 aliphatic rings. The second-order valence-electron chi connectivity index (χ2n) is 10.6. The normalized spacial score (nSPS) is 12.9. The van der Waals surface area contributed by atoms with Crippen LogP contribution in [0.3, 0.4) is 0 Å². The summed E-state index contributed by atoms with van der Waals surface area (Å²) in [5.74, 6) is -2.59. The van der Waals surface area contributed by atoms with E-state index in [1.54, 1.807) is 6.92 Å². The van der Waals surface area contributed by atoms with Crippen molar-refractivity contribution in [2.24, 2.45) is 0 Å². The molecule has 196 valence electrons. The van der Waals surface area contributed by atoms with Crippen molar-refractivity contribution in [2.75, 3.05) is 0 Å². The Morgan fingerprint density at radius 1 is 0.415 bits per heavy atom. The van der Waals surface area contributed by atoms with Gasteiger partial charge in [-0.15, -0.1) is 0 Å². The van der Waals surface area contributed by atoms with Gasteiger partial charge in [-0.2, -0.15) is 0 Å². The Hall–Kier alpha value is -5.90. The molecule has 8 aromatic carbocycles. The number of phenols is 5. The van der Waals surface area contributed by atoms with E-state index in [1.807, 2.05) is 0 Å². The molecule has 0 radical (unpaired) electrons. The van der Waals surface area contributed by atoms with Crippen LogP contribution >= 0.6 is 0 Å². The average Bonchev–Trinajstić information content (AvgIpc) is 3.00. The van der Waals surface area contributed by atoms with Gasteiger partial charge in [0.1, 0.15) is 28.7 Å². The minimum atomic E-state index is -1.12. The van der Waals surface area contributed by atoms with Gasteiger partial charge in [0.2, 0.25) is 10.9 Å². The topological polar surface area (TPSA) is 183 Å². The third kappa shape index (κ3) is 2.08. The van der Waals surface area contributed by atoms with Gasteiger partial charge in [-0.05, 0) is 36.1 Å². The van der Waals surface area contributed by atoms with Crippen molar-refractivity contribution in [3.8, 4) is 28.7 Å². The molecule has 0 saturated heterocycles. The predicted octanol–water partition coefficient (Wildman–Crippen LogP) is 3.97. The van der Waals surface area contributed by atoms with Crippen LogP contribution < -0.4 is 22.1 Å². The zero-order chi connectivity index (χ0) is 28.5. The van der Waals surface area contributed by atoms with Gasteiger partial charge >= 0.3 is 11.3 Å². The van der Waals surface area contributed by atoms with Crippen molar-refractivity contribution >= 4 is 86.2 Å². The van der Waals surface area contributed by atoms with Crippen molar-refractivity contribution in [2.45, 2.75) is 6.92 Å². The molecule has 0 saturated carbocycles. The Morgan fingerprint density at radius 3 is 1.24 bits per heavy atom. The number of hydrogen-bond donors (Lipinski definition) is 5. The molecule has 0 unspecified atom stereocenters. The van der Waals surface area contributed by atoms with Gasteiger partial charge in [-0.1, -0.05) is 0 Å². The van der Waals surface area contributed by atoms with E-state index in [0.717, 1.165) is 18.2 Å². The summed E-state index contributed by atoms with van der Waals surface area (Å²) >= 11 is 0. The summed E-state index contributed by atoms with van der Waals surface area (Å²) in [4.78, 5) is 54.5. The van der Waals surface area contributed by atoms with E-state index in [2.05, 4.69) is 0 Å². The number of aryl methyl sites for hydroxylation is 1. The maximum absolute atomic E-state index is 14.1. The van der Waals surface area contributed by atoms with Crippen molar-refractivity contribution in [1.82, 2.24) is 0 Å². The molecule has 0 bridgehead atoms. The lowest BCUT2D eigenvalue weighted by atomic mass is 9.78. The molecule has 0 fully saturated rings. The predicted molar refractivity (Wildman–Crippen MR) is 153 cm³/mol. The van der Waals surface area contributed by atoms with Crippen molar-refractivity contribution in [1.29, 1.82) is 0 Å². The molecule has 10 heteroatoms. The van der Waals surface area contributed by atoms with Crippen LogP contribution in [-0.4, -0.2) is 25.5 Å². The second kappa shape index (κ2) is 6.28. The lowest BCUT2D eigenvalue weighted by Gasteiger charge is -2.24. The van der Waals surface area contributed by atoms with Gasteiger partial charge in [0.05, 0.1) is 32.3 Å². The minimum Gasteiger partial charge on any atom is -0.507 e. The van der Waals surface area contributed by atoms with E-state index in [1.165, 1.54) is 6.07 Å². The van der Waals surface area contributed by atoms with E-state index >= 15 is 0 Å². The summed E-state index contributed by atoms with van der Waals surface area (Å²) in [6.07, 6.45) is 0. The molecule has 9 rings (SSSR count). The van der Waals surface area contributed by atoms with Crippen molar-refractivity contribution < 1.29 is 29.9 Å². The van der Waals surface area contributed by atoms with Crippen molar-refractivity contribution in [3.05, 3.63) is 71.1 Å². The fraction of sp³-hybridized carbons (Fsp3) is 0.0323. The molecule has 0 atom stereocenters. The monoisotopic (exact) mass is 544 g/mol. The standard InChI is InChI=1S/C31H12O10/c1-6-2-9(32)18-22-14(6)17-12(35)5-13(36)21-25(17)27-24-16-8(4-11(34)20(24)29(21)38)31(40)41-30(39)7-3-10(33)19(28(18)37)23(15(7)16)26(22)27/h2-5,32-36H,1H3. The van der Waals surface area contributed by atoms with Gasteiger partial charge in [0.15, 0.2) is 0 Å². The first-order chi connectivity index (χ1) is 19.5. The molecule has 10 nitrogen and oxygen atoms in total. The molecule has 5 N–H and O–H groups in total. The molecule has 9 aromatic rings. The van der Waals surface area contributed by atoms with Crippen LogP contribution in [0.5, 0.6) is 28.7 Å². The highest BCUT2D eigenvalue weighted by Gasteiger charge is 2.33. The highest BCUT2D eigenvalue weighted by molar-refractivity contribution is 6.52. The number of phenolic OH excluding ortho intramolecular Hbond substituents is 5. The first-order valence-electron chi connectivity index (χ1n) is 12.4. The zero-order valence-electron chi connectivity index (χ0n) is 20.6.